The average molecular weight is 485 g/mol. The van der Waals surface area contributed by atoms with Gasteiger partial charge in [0.25, 0.3) is 11.5 Å². The third-order valence-corrected chi connectivity index (χ3v) is 7.65. The second kappa shape index (κ2) is 10.8. The molecule has 0 N–H and O–H groups in total. The number of piperidine rings is 1. The Bertz CT molecular complexity index is 1140. The number of hydrogen-bond acceptors (Lipinski definition) is 6. The number of hydrogen-bond donors (Lipinski definition) is 0. The number of unbranched alkanes of at least 4 members (excludes halogenated alkanes) is 4. The minimum Gasteiger partial charge on any atom is -0.356 e. The smallest absolute Gasteiger partial charge is 0.267 e. The summed E-state index contributed by atoms with van der Waals surface area (Å²) in [6.45, 7) is 6.52. The fourth-order valence-corrected chi connectivity index (χ4v) is 5.71. The molecule has 0 unspecified atom stereocenters. The Kier molecular flexibility index (Phi) is 7.86. The topological polar surface area (TPSA) is 57.9 Å². The van der Waals surface area contributed by atoms with E-state index in [1.54, 1.807) is 15.4 Å². The van der Waals surface area contributed by atoms with Crippen LogP contribution in [0.1, 0.15) is 69.4 Å². The lowest BCUT2D eigenvalue weighted by molar-refractivity contribution is -0.122. The van der Waals surface area contributed by atoms with Gasteiger partial charge in [0.05, 0.1) is 10.5 Å². The number of thioether (sulfide) groups is 1. The molecule has 2 saturated heterocycles. The molecule has 2 aromatic rings. The third-order valence-electron chi connectivity index (χ3n) is 6.28. The van der Waals surface area contributed by atoms with Gasteiger partial charge < -0.3 is 4.90 Å². The zero-order valence-electron chi connectivity index (χ0n) is 19.5. The number of amides is 1. The van der Waals surface area contributed by atoms with Crippen molar-refractivity contribution in [3.8, 4) is 0 Å². The summed E-state index contributed by atoms with van der Waals surface area (Å²) >= 11 is 6.81. The highest BCUT2D eigenvalue weighted by Crippen LogP contribution is 2.34. The van der Waals surface area contributed by atoms with Gasteiger partial charge in [0.1, 0.15) is 15.8 Å². The lowest BCUT2D eigenvalue weighted by Crippen LogP contribution is -2.33. The Hall–Kier alpha value is -2.19. The molecular weight excluding hydrogens is 452 g/mol. The molecule has 2 aliphatic heterocycles. The number of aryl methyl sites for hydroxylation is 1. The summed E-state index contributed by atoms with van der Waals surface area (Å²) < 4.78 is 2.16. The zero-order chi connectivity index (χ0) is 23.4. The summed E-state index contributed by atoms with van der Waals surface area (Å²) in [4.78, 5) is 36.0. The average Bonchev–Trinajstić information content (AvgIpc) is 3.08. The van der Waals surface area contributed by atoms with Gasteiger partial charge in [-0.05, 0) is 50.3 Å². The molecule has 2 aliphatic rings. The van der Waals surface area contributed by atoms with Crippen LogP contribution in [0.4, 0.5) is 5.82 Å². The Morgan fingerprint density at radius 3 is 2.61 bits per heavy atom. The summed E-state index contributed by atoms with van der Waals surface area (Å²) in [6, 6.07) is 3.85. The van der Waals surface area contributed by atoms with Crippen molar-refractivity contribution in [3.63, 3.8) is 0 Å². The number of rotatable bonds is 8. The quantitative estimate of drug-likeness (QED) is 0.293. The molecule has 0 spiro atoms. The molecule has 176 valence electrons. The van der Waals surface area contributed by atoms with Crippen molar-refractivity contribution >= 4 is 51.7 Å². The first-order valence-corrected chi connectivity index (χ1v) is 13.3. The van der Waals surface area contributed by atoms with Crippen LogP contribution in [0.3, 0.4) is 0 Å². The lowest BCUT2D eigenvalue weighted by Gasteiger charge is -2.29. The zero-order valence-corrected chi connectivity index (χ0v) is 21.1. The Morgan fingerprint density at radius 2 is 1.85 bits per heavy atom. The molecule has 0 atom stereocenters. The van der Waals surface area contributed by atoms with Crippen molar-refractivity contribution in [1.29, 1.82) is 0 Å². The van der Waals surface area contributed by atoms with Gasteiger partial charge in [-0.25, -0.2) is 4.98 Å². The molecule has 4 rings (SSSR count). The van der Waals surface area contributed by atoms with Crippen molar-refractivity contribution in [2.24, 2.45) is 0 Å². The number of carbonyl (C=O) groups is 1. The molecular formula is C25H32N4O2S2. The monoisotopic (exact) mass is 484 g/mol. The van der Waals surface area contributed by atoms with Gasteiger partial charge in [0, 0.05) is 25.8 Å². The highest BCUT2D eigenvalue weighted by molar-refractivity contribution is 8.26. The molecule has 0 aliphatic carbocycles. The van der Waals surface area contributed by atoms with Gasteiger partial charge in [-0.3, -0.25) is 18.9 Å². The number of pyridine rings is 1. The molecule has 0 aromatic carbocycles. The molecule has 0 bridgehead atoms. The maximum atomic E-state index is 13.6. The van der Waals surface area contributed by atoms with Crippen LogP contribution < -0.4 is 10.5 Å². The van der Waals surface area contributed by atoms with Crippen LogP contribution in [0, 0.1) is 6.92 Å². The molecule has 8 heteroatoms. The first-order valence-electron chi connectivity index (χ1n) is 12.0. The highest BCUT2D eigenvalue weighted by atomic mass is 32.2. The van der Waals surface area contributed by atoms with Crippen LogP contribution in [0.15, 0.2) is 28.0 Å². The van der Waals surface area contributed by atoms with Crippen LogP contribution in [0.5, 0.6) is 0 Å². The predicted octanol–water partition coefficient (Wildman–Crippen LogP) is 5.16. The van der Waals surface area contributed by atoms with Crippen LogP contribution in [-0.4, -0.2) is 44.1 Å². The van der Waals surface area contributed by atoms with Crippen molar-refractivity contribution < 1.29 is 4.79 Å². The Morgan fingerprint density at radius 1 is 1.09 bits per heavy atom. The molecule has 2 fully saturated rings. The van der Waals surface area contributed by atoms with Crippen LogP contribution in [0.2, 0.25) is 0 Å². The van der Waals surface area contributed by atoms with E-state index in [-0.39, 0.29) is 11.5 Å². The second-order valence-corrected chi connectivity index (χ2v) is 10.6. The molecule has 0 radical (unpaired) electrons. The number of aromatic nitrogens is 2. The molecule has 1 amide bonds. The summed E-state index contributed by atoms with van der Waals surface area (Å²) in [5, 5.41) is 0. The van der Waals surface area contributed by atoms with E-state index in [4.69, 9.17) is 17.2 Å². The summed E-state index contributed by atoms with van der Waals surface area (Å²) in [5.74, 6) is 0.576. The molecule has 6 nitrogen and oxygen atoms in total. The number of fused-ring (bicyclic) bond motifs is 1. The van der Waals surface area contributed by atoms with Gasteiger partial charge >= 0.3 is 0 Å². The summed E-state index contributed by atoms with van der Waals surface area (Å²) in [6.07, 6.45) is 12.5. The number of nitrogens with zero attached hydrogens (tertiary/aromatic N) is 4. The van der Waals surface area contributed by atoms with E-state index in [0.29, 0.717) is 32.8 Å². The van der Waals surface area contributed by atoms with Crippen LogP contribution >= 0.6 is 24.0 Å². The number of thiocarbonyl (C=S) groups is 1. The van der Waals surface area contributed by atoms with Gasteiger partial charge in [-0.2, -0.15) is 0 Å². The molecule has 2 aromatic heterocycles. The van der Waals surface area contributed by atoms with E-state index in [1.807, 2.05) is 25.3 Å². The predicted molar refractivity (Wildman–Crippen MR) is 141 cm³/mol. The van der Waals surface area contributed by atoms with E-state index >= 15 is 0 Å². The van der Waals surface area contributed by atoms with Crippen molar-refractivity contribution in [2.45, 2.75) is 65.2 Å². The molecule has 0 saturated carbocycles. The fraction of sp³-hybridized carbons (Fsp3) is 0.520. The van der Waals surface area contributed by atoms with Crippen molar-refractivity contribution in [3.05, 3.63) is 44.7 Å². The first-order chi connectivity index (χ1) is 16.0. The second-order valence-electron chi connectivity index (χ2n) is 8.88. The maximum absolute atomic E-state index is 13.6. The van der Waals surface area contributed by atoms with Crippen molar-refractivity contribution in [1.82, 2.24) is 14.3 Å². The standard InChI is InChI=1S/C25H32N4O2S2/c1-3-4-5-6-10-15-28-24(31)20(33-25(28)32)16-19-22(27-13-8-7-9-14-27)26-21-12-11-18(2)17-29(21)23(19)30/h11-12,16-17H,3-10,13-15H2,1-2H3. The fourth-order valence-electron chi connectivity index (χ4n) is 4.42. The van der Waals surface area contributed by atoms with Crippen molar-refractivity contribution in [2.75, 3.05) is 24.5 Å². The first kappa shape index (κ1) is 24.0. The van der Waals surface area contributed by atoms with Crippen LogP contribution in [0.25, 0.3) is 11.7 Å². The van der Waals surface area contributed by atoms with Gasteiger partial charge in [0.2, 0.25) is 0 Å². The van der Waals surface area contributed by atoms with E-state index in [1.165, 1.54) is 37.4 Å². The van der Waals surface area contributed by atoms with Gasteiger partial charge in [0.15, 0.2) is 0 Å². The number of anilines is 1. The van der Waals surface area contributed by atoms with E-state index in [2.05, 4.69) is 11.8 Å². The molecule has 4 heterocycles. The highest BCUT2D eigenvalue weighted by Gasteiger charge is 2.32. The normalized spacial score (nSPS) is 18.2. The van der Waals surface area contributed by atoms with Gasteiger partial charge in [-0.1, -0.05) is 62.7 Å². The SMILES string of the molecule is CCCCCCCN1C(=O)C(=Cc2c(N3CCCCC3)nc3ccc(C)cn3c2=O)SC1=S. The minimum atomic E-state index is -0.144. The third kappa shape index (κ3) is 5.32. The van der Waals surface area contributed by atoms with Gasteiger partial charge in [-0.15, -0.1) is 0 Å². The van der Waals surface area contributed by atoms with E-state index in [9.17, 15) is 9.59 Å². The Labute approximate surface area is 205 Å². The van der Waals surface area contributed by atoms with Crippen LogP contribution in [-0.2, 0) is 4.79 Å². The van der Waals surface area contributed by atoms with E-state index in [0.717, 1.165) is 44.3 Å². The summed E-state index contributed by atoms with van der Waals surface area (Å²) in [5.41, 5.74) is 1.94. The largest absolute Gasteiger partial charge is 0.356 e. The molecule has 33 heavy (non-hydrogen) atoms. The summed E-state index contributed by atoms with van der Waals surface area (Å²) in [7, 11) is 0. The van der Waals surface area contributed by atoms with E-state index < -0.39 is 0 Å². The minimum absolute atomic E-state index is 0.0983. The lowest BCUT2D eigenvalue weighted by atomic mass is 10.1. The maximum Gasteiger partial charge on any atom is 0.267 e. The Balaban J connectivity index is 1.68. The number of carbonyl (C=O) groups excluding carboxylic acids is 1.